The number of likely N-dealkylation sites (N-methyl/N-ethyl adjacent to an activating group) is 1. The zero-order valence-electron chi connectivity index (χ0n) is 13.5. The van der Waals surface area contributed by atoms with Crippen LogP contribution in [0.3, 0.4) is 0 Å². The van der Waals surface area contributed by atoms with Crippen molar-refractivity contribution in [3.8, 4) is 0 Å². The summed E-state index contributed by atoms with van der Waals surface area (Å²) in [5.74, 6) is -0.966. The van der Waals surface area contributed by atoms with E-state index in [9.17, 15) is 14.7 Å². The Morgan fingerprint density at radius 1 is 1.32 bits per heavy atom. The van der Waals surface area contributed by atoms with Crippen LogP contribution in [0.5, 0.6) is 0 Å². The Morgan fingerprint density at radius 2 is 1.91 bits per heavy atom. The largest absolute Gasteiger partial charge is 0.562 e. The molecule has 0 aliphatic carbocycles. The van der Waals surface area contributed by atoms with Crippen LogP contribution in [0.2, 0.25) is 0 Å². The van der Waals surface area contributed by atoms with Gasteiger partial charge in [0.05, 0.1) is 0 Å². The van der Waals surface area contributed by atoms with Crippen molar-refractivity contribution in [2.75, 3.05) is 20.1 Å². The van der Waals surface area contributed by atoms with Crippen molar-refractivity contribution < 1.29 is 85.5 Å². The van der Waals surface area contributed by atoms with Crippen molar-refractivity contribution in [3.05, 3.63) is 11.6 Å². The Morgan fingerprint density at radius 3 is 2.41 bits per heavy atom. The van der Waals surface area contributed by atoms with Crippen LogP contribution in [0, 0.1) is 51.1 Å². The third kappa shape index (κ3) is 5.31. The summed E-state index contributed by atoms with van der Waals surface area (Å²) in [4.78, 5) is 27.0. The van der Waals surface area contributed by atoms with Crippen LogP contribution < -0.4 is 0 Å². The molecular formula is C14H21N2O4RaW-. The molecule has 120 valence electrons. The molecule has 2 unspecified atom stereocenters. The van der Waals surface area contributed by atoms with E-state index < -0.39 is 11.6 Å². The van der Waals surface area contributed by atoms with Crippen LogP contribution in [0.25, 0.3) is 0 Å². The van der Waals surface area contributed by atoms with Gasteiger partial charge in [0.1, 0.15) is 5.60 Å². The minimum atomic E-state index is -0.966. The van der Waals surface area contributed by atoms with Gasteiger partial charge >= 0.3 is 6.09 Å². The normalized spacial score (nSPS) is 24.5. The van der Waals surface area contributed by atoms with Gasteiger partial charge in [0, 0.05) is 91.2 Å². The zero-order chi connectivity index (χ0) is 15.1. The van der Waals surface area contributed by atoms with Crippen molar-refractivity contribution in [1.29, 1.82) is 0 Å². The van der Waals surface area contributed by atoms with Gasteiger partial charge in [0.25, 0.3) is 0 Å². The predicted octanol–water partition coefficient (Wildman–Crippen LogP) is 1.12. The Bertz CT molecular complexity index is 464. The number of rotatable bonds is 1. The molecule has 0 saturated carbocycles. The van der Waals surface area contributed by atoms with Gasteiger partial charge in [-0.05, 0) is 27.8 Å². The number of carboxylic acid groups (broad SMARTS) is 1. The van der Waals surface area contributed by atoms with Crippen LogP contribution in [-0.2, 0) is 30.6 Å². The maximum absolute atomic E-state index is 12.1. The molecule has 8 heteroatoms. The summed E-state index contributed by atoms with van der Waals surface area (Å²) in [5.41, 5.74) is -0.301. The predicted molar refractivity (Wildman–Crippen MR) is 72.2 cm³/mol. The van der Waals surface area contributed by atoms with E-state index in [2.05, 4.69) is 6.08 Å². The molecular weight excluding hydrogens is 670 g/mol. The van der Waals surface area contributed by atoms with Crippen molar-refractivity contribution in [3.63, 3.8) is 0 Å². The molecule has 2 bridgehead atoms. The average molecular weight is 691 g/mol. The number of ether oxygens (including phenoxy) is 1. The van der Waals surface area contributed by atoms with E-state index in [1.807, 2.05) is 32.7 Å². The van der Waals surface area contributed by atoms with Gasteiger partial charge < -0.3 is 19.5 Å². The molecule has 0 aromatic rings. The quantitative estimate of drug-likeness (QED) is 0.418. The number of carbonyl (C=O) groups excluding carboxylic acids is 1. The molecule has 0 spiro atoms. The molecule has 1 fully saturated rings. The van der Waals surface area contributed by atoms with E-state index in [4.69, 9.17) is 4.74 Å². The fraction of sp³-hybridized carbons (Fsp3) is 0.714. The molecule has 2 aliphatic heterocycles. The Labute approximate surface area is 182 Å². The number of aliphatic carboxylic acids is 1. The number of hydrogen-bond acceptors (Lipinski definition) is 4. The number of carbonyl (C=O) groups is 2. The molecule has 1 amide bonds. The standard InChI is InChI=1S/C14H21N2O4.Ra.W/c1-14(2,3)20-13(19)16-7-9-5-6-10(12(17)18)11(8-16)15(9)4;;/h9,11H,5,7-8H2,1-4H3,(H,17,18);;/q-1;;. The molecule has 2 radical (unpaired) electrons. The van der Waals surface area contributed by atoms with Crippen molar-refractivity contribution in [1.82, 2.24) is 9.80 Å². The van der Waals surface area contributed by atoms with Gasteiger partial charge in [-0.3, -0.25) is 11.0 Å². The van der Waals surface area contributed by atoms with Crippen LogP contribution in [-0.4, -0.2) is 64.8 Å². The van der Waals surface area contributed by atoms with E-state index in [0.29, 0.717) is 19.5 Å². The SMILES string of the molecule is CN1C2C[C-]=C(C(=O)O)C1CN(C(=O)OC(C)(C)C)C2.[Ra].[W]. The maximum atomic E-state index is 12.1. The minimum Gasteiger partial charge on any atom is -0.562 e. The summed E-state index contributed by atoms with van der Waals surface area (Å²) < 4.78 is 5.36. The van der Waals surface area contributed by atoms with E-state index in [1.54, 1.807) is 4.90 Å². The fourth-order valence-electron chi connectivity index (χ4n) is 2.59. The van der Waals surface area contributed by atoms with Crippen molar-refractivity contribution in [2.24, 2.45) is 0 Å². The van der Waals surface area contributed by atoms with Gasteiger partial charge in [-0.2, -0.15) is 0 Å². The van der Waals surface area contributed by atoms with Gasteiger partial charge in [0.15, 0.2) is 5.97 Å². The van der Waals surface area contributed by atoms with Gasteiger partial charge in [-0.15, -0.1) is 5.57 Å². The zero-order valence-corrected chi connectivity index (χ0v) is 22.2. The fourth-order valence-corrected chi connectivity index (χ4v) is 2.59. The molecule has 2 rings (SSSR count). The molecule has 0 aromatic heterocycles. The first kappa shape index (κ1) is 22.6. The first-order chi connectivity index (χ1) is 9.19. The van der Waals surface area contributed by atoms with E-state index in [-0.39, 0.29) is 89.8 Å². The third-order valence-corrected chi connectivity index (χ3v) is 3.64. The second kappa shape index (κ2) is 8.62. The van der Waals surface area contributed by atoms with Gasteiger partial charge in [-0.25, -0.2) is 4.79 Å². The van der Waals surface area contributed by atoms with Crippen LogP contribution in [0.4, 0.5) is 4.79 Å². The summed E-state index contributed by atoms with van der Waals surface area (Å²) in [6.45, 7) is 6.33. The molecule has 2 heterocycles. The second-order valence-electron chi connectivity index (χ2n) is 6.32. The smallest absolute Gasteiger partial charge is 0.410 e. The van der Waals surface area contributed by atoms with Crippen LogP contribution >= 0.6 is 0 Å². The molecule has 0 aromatic carbocycles. The molecule has 1 N–H and O–H groups in total. The Balaban J connectivity index is 0.00000220. The summed E-state index contributed by atoms with van der Waals surface area (Å²) in [6.07, 6.45) is 3.09. The monoisotopic (exact) mass is 691 g/mol. The summed E-state index contributed by atoms with van der Waals surface area (Å²) in [7, 11) is 1.89. The molecule has 2 atom stereocenters. The van der Waals surface area contributed by atoms with Crippen molar-refractivity contribution >= 4 is 12.1 Å². The number of hydrogen-bond donors (Lipinski definition) is 1. The Kier molecular flexibility index (Phi) is 8.86. The number of fused-ring (bicyclic) bond motifs is 2. The number of carboxylic acids is 1. The molecule has 1 saturated heterocycles. The number of piperazine rings is 1. The third-order valence-electron chi connectivity index (χ3n) is 3.64. The molecule has 2 aliphatic rings. The molecule has 6 nitrogen and oxygen atoms in total. The van der Waals surface area contributed by atoms with Crippen molar-refractivity contribution in [2.45, 2.75) is 44.9 Å². The summed E-state index contributed by atoms with van der Waals surface area (Å²) in [6, 6.07) is -0.211. The summed E-state index contributed by atoms with van der Waals surface area (Å²) >= 11 is 0. The summed E-state index contributed by atoms with van der Waals surface area (Å²) in [5, 5.41) is 9.22. The Hall–Kier alpha value is 0.596. The first-order valence-corrected chi connectivity index (χ1v) is 6.73. The van der Waals surface area contributed by atoms with E-state index >= 15 is 0 Å². The van der Waals surface area contributed by atoms with E-state index in [0.717, 1.165) is 0 Å². The van der Waals surface area contributed by atoms with Crippen LogP contribution in [0.15, 0.2) is 5.57 Å². The first-order valence-electron chi connectivity index (χ1n) is 6.73. The van der Waals surface area contributed by atoms with E-state index in [1.165, 1.54) is 0 Å². The average Bonchev–Trinajstić information content (AvgIpc) is 2.25. The molecule has 22 heavy (non-hydrogen) atoms. The number of amides is 1. The maximum Gasteiger partial charge on any atom is 0.410 e. The topological polar surface area (TPSA) is 70.1 Å². The minimum absolute atomic E-state index is 0. The number of nitrogens with zero attached hydrogens (tertiary/aromatic N) is 2. The van der Waals surface area contributed by atoms with Gasteiger partial charge in [-0.1, -0.05) is 6.42 Å². The van der Waals surface area contributed by atoms with Crippen LogP contribution in [0.1, 0.15) is 27.2 Å². The van der Waals surface area contributed by atoms with Gasteiger partial charge in [0.2, 0.25) is 0 Å². The second-order valence-corrected chi connectivity index (χ2v) is 6.32.